The quantitative estimate of drug-likeness (QED) is 0.790. The van der Waals surface area contributed by atoms with Gasteiger partial charge in [0.1, 0.15) is 5.82 Å². The highest BCUT2D eigenvalue weighted by Gasteiger charge is 2.21. The van der Waals surface area contributed by atoms with Gasteiger partial charge in [-0.25, -0.2) is 9.97 Å². The number of aryl methyl sites for hydroxylation is 1. The monoisotopic (exact) mass is 235 g/mol. The van der Waals surface area contributed by atoms with Gasteiger partial charge in [-0.3, -0.25) is 0 Å². The van der Waals surface area contributed by atoms with E-state index in [1.54, 1.807) is 0 Å². The van der Waals surface area contributed by atoms with Gasteiger partial charge in [-0.15, -0.1) is 0 Å². The van der Waals surface area contributed by atoms with E-state index in [0.717, 1.165) is 56.4 Å². The average Bonchev–Trinajstić information content (AvgIpc) is 2.82. The molecule has 1 N–H and O–H groups in total. The molecule has 1 aromatic heterocycles. The predicted molar refractivity (Wildman–Crippen MR) is 66.9 cm³/mol. The van der Waals surface area contributed by atoms with Crippen molar-refractivity contribution in [2.45, 2.75) is 39.2 Å². The van der Waals surface area contributed by atoms with Crippen molar-refractivity contribution in [1.29, 1.82) is 0 Å². The molecule has 1 atom stereocenters. The lowest BCUT2D eigenvalue weighted by molar-refractivity contribution is 0.193. The molecule has 1 unspecified atom stereocenters. The lowest BCUT2D eigenvalue weighted by Gasteiger charge is -2.10. The van der Waals surface area contributed by atoms with Crippen LogP contribution in [0.2, 0.25) is 0 Å². The molecular weight excluding hydrogens is 214 g/mol. The summed E-state index contributed by atoms with van der Waals surface area (Å²) in [6.07, 6.45) is 2.19. The van der Waals surface area contributed by atoms with E-state index < -0.39 is 0 Å². The number of nitrogens with one attached hydrogen (secondary N) is 1. The average molecular weight is 235 g/mol. The molecule has 0 bridgehead atoms. The van der Waals surface area contributed by atoms with E-state index >= 15 is 0 Å². The van der Waals surface area contributed by atoms with Gasteiger partial charge in [0.2, 0.25) is 0 Å². The lowest BCUT2D eigenvalue weighted by Crippen LogP contribution is -2.17. The third-order valence-electron chi connectivity index (χ3n) is 2.95. The Balaban J connectivity index is 2.05. The van der Waals surface area contributed by atoms with Crippen LogP contribution in [0.5, 0.6) is 0 Å². The van der Waals surface area contributed by atoms with E-state index in [4.69, 9.17) is 4.74 Å². The largest absolute Gasteiger partial charge is 0.381 e. The maximum Gasteiger partial charge on any atom is 0.134 e. The zero-order valence-corrected chi connectivity index (χ0v) is 10.7. The summed E-state index contributed by atoms with van der Waals surface area (Å²) < 4.78 is 5.39. The Morgan fingerprint density at radius 3 is 3.06 bits per heavy atom. The van der Waals surface area contributed by atoms with E-state index in [1.165, 1.54) is 0 Å². The fraction of sp³-hybridized carbons (Fsp3) is 0.692. The van der Waals surface area contributed by atoms with Crippen LogP contribution in [0.4, 0.5) is 0 Å². The summed E-state index contributed by atoms with van der Waals surface area (Å²) in [5, 5.41) is 3.37. The van der Waals surface area contributed by atoms with Crippen LogP contribution in [0.3, 0.4) is 0 Å². The second kappa shape index (κ2) is 6.07. The fourth-order valence-corrected chi connectivity index (χ4v) is 2.06. The van der Waals surface area contributed by atoms with Crippen LogP contribution in [0.15, 0.2) is 6.07 Å². The predicted octanol–water partition coefficient (Wildman–Crippen LogP) is 1.79. The summed E-state index contributed by atoms with van der Waals surface area (Å²) in [6.45, 7) is 7.67. The molecule has 2 rings (SSSR count). The normalized spacial score (nSPS) is 19.8. The van der Waals surface area contributed by atoms with Gasteiger partial charge >= 0.3 is 0 Å². The third-order valence-corrected chi connectivity index (χ3v) is 2.95. The molecule has 0 amide bonds. The first-order chi connectivity index (χ1) is 8.29. The van der Waals surface area contributed by atoms with E-state index in [2.05, 4.69) is 28.3 Å². The molecule has 4 nitrogen and oxygen atoms in total. The number of rotatable bonds is 5. The Labute approximate surface area is 103 Å². The summed E-state index contributed by atoms with van der Waals surface area (Å²) in [5.74, 6) is 1.34. The summed E-state index contributed by atoms with van der Waals surface area (Å²) in [5.41, 5.74) is 2.14. The third kappa shape index (κ3) is 3.48. The molecule has 1 fully saturated rings. The minimum absolute atomic E-state index is 0.389. The van der Waals surface area contributed by atoms with Crippen molar-refractivity contribution in [3.05, 3.63) is 23.3 Å². The molecule has 0 aromatic carbocycles. The molecule has 17 heavy (non-hydrogen) atoms. The molecule has 0 aliphatic carbocycles. The molecule has 4 heteroatoms. The van der Waals surface area contributed by atoms with Crippen LogP contribution < -0.4 is 5.32 Å². The maximum atomic E-state index is 5.39. The highest BCUT2D eigenvalue weighted by atomic mass is 16.5. The standard InChI is InChI=1S/C13H21N3O/c1-3-5-14-8-12-7-10(2)15-13(16-12)11-4-6-17-9-11/h7,11,14H,3-6,8-9H2,1-2H3. The molecule has 1 aliphatic heterocycles. The van der Waals surface area contributed by atoms with Crippen molar-refractivity contribution in [3.63, 3.8) is 0 Å². The van der Waals surface area contributed by atoms with Crippen LogP contribution in [0.25, 0.3) is 0 Å². The molecule has 0 radical (unpaired) electrons. The van der Waals surface area contributed by atoms with Crippen molar-refractivity contribution in [3.8, 4) is 0 Å². The van der Waals surface area contributed by atoms with E-state index in [1.807, 2.05) is 6.92 Å². The highest BCUT2D eigenvalue weighted by Crippen LogP contribution is 2.22. The molecule has 1 saturated heterocycles. The minimum Gasteiger partial charge on any atom is -0.381 e. The van der Waals surface area contributed by atoms with E-state index in [-0.39, 0.29) is 0 Å². The summed E-state index contributed by atoms with van der Waals surface area (Å²) >= 11 is 0. The number of hydrogen-bond acceptors (Lipinski definition) is 4. The summed E-state index contributed by atoms with van der Waals surface area (Å²) in [4.78, 5) is 9.16. The van der Waals surface area contributed by atoms with Crippen molar-refractivity contribution < 1.29 is 4.74 Å². The molecule has 0 saturated carbocycles. The molecule has 1 aromatic rings. The lowest BCUT2D eigenvalue weighted by atomic mass is 10.1. The Hall–Kier alpha value is -1.00. The van der Waals surface area contributed by atoms with Gasteiger partial charge in [-0.2, -0.15) is 0 Å². The fourth-order valence-electron chi connectivity index (χ4n) is 2.06. The Morgan fingerprint density at radius 2 is 2.35 bits per heavy atom. The van der Waals surface area contributed by atoms with E-state index in [9.17, 15) is 0 Å². The van der Waals surface area contributed by atoms with Crippen molar-refractivity contribution >= 4 is 0 Å². The summed E-state index contributed by atoms with van der Waals surface area (Å²) in [6, 6.07) is 2.06. The minimum atomic E-state index is 0.389. The zero-order chi connectivity index (χ0) is 12.1. The topological polar surface area (TPSA) is 47.0 Å². The van der Waals surface area contributed by atoms with Gasteiger partial charge < -0.3 is 10.1 Å². The summed E-state index contributed by atoms with van der Waals surface area (Å²) in [7, 11) is 0. The second-order valence-electron chi connectivity index (χ2n) is 4.60. The van der Waals surface area contributed by atoms with Crippen molar-refractivity contribution in [2.75, 3.05) is 19.8 Å². The molecule has 1 aliphatic rings. The van der Waals surface area contributed by atoms with Gasteiger partial charge in [0.15, 0.2) is 0 Å². The number of aromatic nitrogens is 2. The molecule has 0 spiro atoms. The van der Waals surface area contributed by atoms with Gasteiger partial charge in [0.05, 0.1) is 12.3 Å². The molecular formula is C13H21N3O. The number of ether oxygens (including phenoxy) is 1. The maximum absolute atomic E-state index is 5.39. The van der Waals surface area contributed by atoms with Crippen LogP contribution in [0.1, 0.15) is 42.9 Å². The molecule has 94 valence electrons. The number of nitrogens with zero attached hydrogens (tertiary/aromatic N) is 2. The Bertz CT molecular complexity index is 362. The first-order valence-corrected chi connectivity index (χ1v) is 6.42. The Morgan fingerprint density at radius 1 is 1.47 bits per heavy atom. The first-order valence-electron chi connectivity index (χ1n) is 6.42. The van der Waals surface area contributed by atoms with Crippen LogP contribution in [-0.2, 0) is 11.3 Å². The van der Waals surface area contributed by atoms with Crippen molar-refractivity contribution in [2.24, 2.45) is 0 Å². The van der Waals surface area contributed by atoms with Crippen LogP contribution in [-0.4, -0.2) is 29.7 Å². The van der Waals surface area contributed by atoms with Crippen molar-refractivity contribution in [1.82, 2.24) is 15.3 Å². The van der Waals surface area contributed by atoms with Gasteiger partial charge in [0, 0.05) is 24.8 Å². The smallest absolute Gasteiger partial charge is 0.134 e. The van der Waals surface area contributed by atoms with Gasteiger partial charge in [0.25, 0.3) is 0 Å². The zero-order valence-electron chi connectivity index (χ0n) is 10.7. The van der Waals surface area contributed by atoms with E-state index in [0.29, 0.717) is 5.92 Å². The van der Waals surface area contributed by atoms with Crippen LogP contribution in [0, 0.1) is 6.92 Å². The van der Waals surface area contributed by atoms with Gasteiger partial charge in [-0.05, 0) is 32.4 Å². The second-order valence-corrected chi connectivity index (χ2v) is 4.60. The SMILES string of the molecule is CCCNCc1cc(C)nc(C2CCOC2)n1. The highest BCUT2D eigenvalue weighted by molar-refractivity contribution is 5.13. The molecule has 2 heterocycles. The Kier molecular flexibility index (Phi) is 4.45. The first kappa shape index (κ1) is 12.5. The van der Waals surface area contributed by atoms with Gasteiger partial charge in [-0.1, -0.05) is 6.92 Å². The number of hydrogen-bond donors (Lipinski definition) is 1. The van der Waals surface area contributed by atoms with Crippen LogP contribution >= 0.6 is 0 Å².